The van der Waals surface area contributed by atoms with Crippen LogP contribution in [0.1, 0.15) is 16.7 Å². The summed E-state index contributed by atoms with van der Waals surface area (Å²) in [7, 11) is 4.50. The van der Waals surface area contributed by atoms with E-state index in [-0.39, 0.29) is 18.1 Å². The molecule has 1 amide bonds. The molecule has 0 atom stereocenters. The molecule has 4 rings (SSSR count). The standard InChI is InChI=1S/C28H27NO7/c1-17-21-11-10-20(15-23(21)36-28(31)22(17)12-18-8-6-5-7-9-18)35-16-26(30)29-19-13-24(32-2)27(34-4)25(14-19)33-3/h5-11,13-15H,12,16H2,1-4H3,(H,29,30). The van der Waals surface area contributed by atoms with Gasteiger partial charge in [0.2, 0.25) is 5.75 Å². The van der Waals surface area contributed by atoms with Crippen LogP contribution >= 0.6 is 0 Å². The van der Waals surface area contributed by atoms with Crippen LogP contribution < -0.4 is 29.9 Å². The van der Waals surface area contributed by atoms with Crippen LogP contribution in [0, 0.1) is 6.92 Å². The van der Waals surface area contributed by atoms with Crippen LogP contribution in [0.4, 0.5) is 5.69 Å². The quantitative estimate of drug-likeness (QED) is 0.339. The van der Waals surface area contributed by atoms with Crippen molar-refractivity contribution in [2.45, 2.75) is 13.3 Å². The first-order valence-corrected chi connectivity index (χ1v) is 11.3. The summed E-state index contributed by atoms with van der Waals surface area (Å²) >= 11 is 0. The summed E-state index contributed by atoms with van der Waals surface area (Å²) in [6, 6.07) is 18.2. The summed E-state index contributed by atoms with van der Waals surface area (Å²) in [6.45, 7) is 1.65. The number of benzene rings is 3. The Hall–Kier alpha value is -4.46. The summed E-state index contributed by atoms with van der Waals surface area (Å²) in [5.74, 6) is 1.27. The van der Waals surface area contributed by atoms with E-state index in [9.17, 15) is 9.59 Å². The average Bonchev–Trinajstić information content (AvgIpc) is 2.89. The minimum atomic E-state index is -0.389. The fourth-order valence-corrected chi connectivity index (χ4v) is 3.97. The van der Waals surface area contributed by atoms with Gasteiger partial charge in [0.15, 0.2) is 18.1 Å². The predicted molar refractivity (Wildman–Crippen MR) is 137 cm³/mol. The number of aryl methyl sites for hydroxylation is 1. The van der Waals surface area contributed by atoms with Gasteiger partial charge in [-0.25, -0.2) is 4.79 Å². The molecule has 1 aromatic heterocycles. The average molecular weight is 490 g/mol. The number of nitrogens with one attached hydrogen (secondary N) is 1. The van der Waals surface area contributed by atoms with Gasteiger partial charge in [-0.15, -0.1) is 0 Å². The smallest absolute Gasteiger partial charge is 0.340 e. The van der Waals surface area contributed by atoms with E-state index in [0.29, 0.717) is 46.3 Å². The van der Waals surface area contributed by atoms with E-state index >= 15 is 0 Å². The van der Waals surface area contributed by atoms with E-state index < -0.39 is 0 Å². The zero-order chi connectivity index (χ0) is 25.7. The summed E-state index contributed by atoms with van der Waals surface area (Å²) in [5.41, 5.74) is 2.98. The Balaban J connectivity index is 1.48. The second-order valence-electron chi connectivity index (χ2n) is 8.06. The first-order valence-electron chi connectivity index (χ1n) is 11.3. The fraction of sp³-hybridized carbons (Fsp3) is 0.214. The highest BCUT2D eigenvalue weighted by Gasteiger charge is 2.16. The van der Waals surface area contributed by atoms with Gasteiger partial charge < -0.3 is 28.7 Å². The monoisotopic (exact) mass is 489 g/mol. The van der Waals surface area contributed by atoms with Gasteiger partial charge in [-0.3, -0.25) is 4.79 Å². The normalized spacial score (nSPS) is 10.7. The van der Waals surface area contributed by atoms with Crippen molar-refractivity contribution in [1.29, 1.82) is 0 Å². The van der Waals surface area contributed by atoms with Crippen LogP contribution in [-0.4, -0.2) is 33.8 Å². The summed E-state index contributed by atoms with van der Waals surface area (Å²) in [4.78, 5) is 25.2. The Labute approximate surface area is 208 Å². The minimum Gasteiger partial charge on any atom is -0.493 e. The van der Waals surface area contributed by atoms with Gasteiger partial charge >= 0.3 is 5.63 Å². The molecule has 3 aromatic carbocycles. The number of amides is 1. The molecule has 0 bridgehead atoms. The third-order valence-electron chi connectivity index (χ3n) is 5.80. The van der Waals surface area contributed by atoms with Crippen molar-refractivity contribution in [3.05, 3.63) is 87.8 Å². The van der Waals surface area contributed by atoms with Crippen molar-refractivity contribution in [3.63, 3.8) is 0 Å². The predicted octanol–water partition coefficient (Wildman–Crippen LogP) is 4.74. The molecular weight excluding hydrogens is 462 g/mol. The first-order chi connectivity index (χ1) is 17.4. The van der Waals surface area contributed by atoms with Crippen LogP contribution in [0.5, 0.6) is 23.0 Å². The topological polar surface area (TPSA) is 96.2 Å². The lowest BCUT2D eigenvalue weighted by molar-refractivity contribution is -0.118. The third-order valence-corrected chi connectivity index (χ3v) is 5.80. The molecule has 0 unspecified atom stereocenters. The second kappa shape index (κ2) is 10.9. The molecule has 1 N–H and O–H groups in total. The lowest BCUT2D eigenvalue weighted by atomic mass is 10.00. The highest BCUT2D eigenvalue weighted by atomic mass is 16.5. The maximum Gasteiger partial charge on any atom is 0.340 e. The Bertz CT molecular complexity index is 1420. The largest absolute Gasteiger partial charge is 0.493 e. The molecule has 1 heterocycles. The van der Waals surface area contributed by atoms with E-state index in [2.05, 4.69) is 5.32 Å². The molecule has 8 nitrogen and oxygen atoms in total. The van der Waals surface area contributed by atoms with Crippen LogP contribution in [-0.2, 0) is 11.2 Å². The minimum absolute atomic E-state index is 0.253. The lowest BCUT2D eigenvalue weighted by Crippen LogP contribution is -2.20. The summed E-state index contributed by atoms with van der Waals surface area (Å²) < 4.78 is 27.1. The van der Waals surface area contributed by atoms with E-state index in [1.54, 1.807) is 24.3 Å². The Morgan fingerprint density at radius 3 is 2.25 bits per heavy atom. The first kappa shape index (κ1) is 24.7. The number of fused-ring (bicyclic) bond motifs is 1. The molecule has 0 aliphatic heterocycles. The van der Waals surface area contributed by atoms with Gasteiger partial charge in [-0.2, -0.15) is 0 Å². The summed E-state index contributed by atoms with van der Waals surface area (Å²) in [6.07, 6.45) is 0.490. The highest BCUT2D eigenvalue weighted by Crippen LogP contribution is 2.39. The molecule has 36 heavy (non-hydrogen) atoms. The van der Waals surface area contributed by atoms with Gasteiger partial charge in [0.25, 0.3) is 5.91 Å². The molecule has 0 radical (unpaired) electrons. The number of carbonyl (C=O) groups is 1. The third kappa shape index (κ3) is 5.27. The second-order valence-corrected chi connectivity index (χ2v) is 8.06. The van der Waals surface area contributed by atoms with Gasteiger partial charge in [-0.1, -0.05) is 30.3 Å². The molecule has 0 spiro atoms. The SMILES string of the molecule is COc1cc(NC(=O)COc2ccc3c(C)c(Cc4ccccc4)c(=O)oc3c2)cc(OC)c1OC. The van der Waals surface area contributed by atoms with Gasteiger partial charge in [-0.05, 0) is 30.2 Å². The lowest BCUT2D eigenvalue weighted by Gasteiger charge is -2.15. The zero-order valence-electron chi connectivity index (χ0n) is 20.5. The van der Waals surface area contributed by atoms with Crippen LogP contribution in [0.3, 0.4) is 0 Å². The molecule has 0 saturated heterocycles. The van der Waals surface area contributed by atoms with Gasteiger partial charge in [0.1, 0.15) is 11.3 Å². The molecule has 4 aromatic rings. The molecule has 0 saturated carbocycles. The van der Waals surface area contributed by atoms with Crippen molar-refractivity contribution in [3.8, 4) is 23.0 Å². The number of ether oxygens (including phenoxy) is 4. The number of rotatable bonds is 9. The maximum absolute atomic E-state index is 12.7. The molecule has 0 aliphatic carbocycles. The van der Waals surface area contributed by atoms with Gasteiger partial charge in [0.05, 0.1) is 21.3 Å². The number of carbonyl (C=O) groups excluding carboxylic acids is 1. The van der Waals surface area contributed by atoms with Crippen LogP contribution in [0.25, 0.3) is 11.0 Å². The molecule has 186 valence electrons. The maximum atomic E-state index is 12.7. The highest BCUT2D eigenvalue weighted by molar-refractivity contribution is 5.92. The van der Waals surface area contributed by atoms with Crippen molar-refractivity contribution in [2.24, 2.45) is 0 Å². The van der Waals surface area contributed by atoms with Crippen molar-refractivity contribution < 1.29 is 28.2 Å². The number of methoxy groups -OCH3 is 3. The number of anilines is 1. The molecule has 0 fully saturated rings. The molecule has 8 heteroatoms. The van der Waals surface area contributed by atoms with Gasteiger partial charge in [0, 0.05) is 41.3 Å². The van der Waals surface area contributed by atoms with Crippen LogP contribution in [0.2, 0.25) is 0 Å². The molecule has 0 aliphatic rings. The van der Waals surface area contributed by atoms with Crippen molar-refractivity contribution in [2.75, 3.05) is 33.3 Å². The number of hydrogen-bond acceptors (Lipinski definition) is 7. The van der Waals surface area contributed by atoms with Crippen molar-refractivity contribution >= 4 is 22.6 Å². The zero-order valence-corrected chi connectivity index (χ0v) is 20.5. The number of hydrogen-bond donors (Lipinski definition) is 1. The summed E-state index contributed by atoms with van der Waals surface area (Å²) in [5, 5.41) is 3.56. The van der Waals surface area contributed by atoms with Crippen LogP contribution in [0.15, 0.2) is 69.9 Å². The van der Waals surface area contributed by atoms with E-state index in [1.165, 1.54) is 21.3 Å². The molecular formula is C28H27NO7. The van der Waals surface area contributed by atoms with E-state index in [1.807, 2.05) is 43.3 Å². The van der Waals surface area contributed by atoms with E-state index in [0.717, 1.165) is 16.5 Å². The Morgan fingerprint density at radius 2 is 1.61 bits per heavy atom. The Kier molecular flexibility index (Phi) is 7.44. The van der Waals surface area contributed by atoms with E-state index in [4.69, 9.17) is 23.4 Å². The van der Waals surface area contributed by atoms with Crippen molar-refractivity contribution in [1.82, 2.24) is 0 Å². The fourth-order valence-electron chi connectivity index (χ4n) is 3.97. The Morgan fingerprint density at radius 1 is 0.917 bits per heavy atom.